The van der Waals surface area contributed by atoms with Crippen molar-refractivity contribution in [3.05, 3.63) is 17.5 Å². The number of cyclic esters (lactones) is 1. The van der Waals surface area contributed by atoms with E-state index in [0.717, 1.165) is 26.2 Å². The molecular weight excluding hydrogens is 208 g/mol. The van der Waals surface area contributed by atoms with Crippen LogP contribution in [0.25, 0.3) is 0 Å². The smallest absolute Gasteiger partial charge is 0.342 e. The fourth-order valence-corrected chi connectivity index (χ4v) is 1.92. The van der Waals surface area contributed by atoms with E-state index >= 15 is 0 Å². The summed E-state index contributed by atoms with van der Waals surface area (Å²) in [5.41, 5.74) is 1.20. The first kappa shape index (κ1) is 9.53. The second-order valence-corrected chi connectivity index (χ2v) is 3.84. The number of fused-ring (bicyclic) bond motifs is 1. The third-order valence-electron chi connectivity index (χ3n) is 2.81. The molecule has 1 N–H and O–H groups in total. The molecule has 3 heterocycles. The third-order valence-corrected chi connectivity index (χ3v) is 2.81. The molecule has 6 nitrogen and oxygen atoms in total. The Kier molecular flexibility index (Phi) is 2.21. The van der Waals surface area contributed by atoms with Gasteiger partial charge in [0.25, 0.3) is 0 Å². The van der Waals surface area contributed by atoms with Gasteiger partial charge >= 0.3 is 5.97 Å². The summed E-state index contributed by atoms with van der Waals surface area (Å²) in [6.07, 6.45) is 1.56. The molecule has 6 heteroatoms. The Morgan fingerprint density at radius 1 is 1.38 bits per heavy atom. The minimum Gasteiger partial charge on any atom is -0.455 e. The fourth-order valence-electron chi connectivity index (χ4n) is 1.92. The minimum atomic E-state index is -0.318. The molecule has 1 fully saturated rings. The number of esters is 1. The molecule has 0 aliphatic carbocycles. The first-order valence-electron chi connectivity index (χ1n) is 5.33. The zero-order chi connectivity index (χ0) is 11.0. The Hall–Kier alpha value is -1.69. The number of aromatic nitrogens is 2. The lowest BCUT2D eigenvalue weighted by Gasteiger charge is -2.27. The predicted molar refractivity (Wildman–Crippen MR) is 56.2 cm³/mol. The molecule has 84 valence electrons. The van der Waals surface area contributed by atoms with Crippen LogP contribution in [0, 0.1) is 0 Å². The summed E-state index contributed by atoms with van der Waals surface area (Å²) in [5, 5.41) is 3.27. The van der Waals surface area contributed by atoms with Crippen molar-refractivity contribution in [3.63, 3.8) is 0 Å². The van der Waals surface area contributed by atoms with Crippen LogP contribution in [-0.4, -0.2) is 42.1 Å². The lowest BCUT2D eigenvalue weighted by molar-refractivity contribution is 0.0533. The topological polar surface area (TPSA) is 67.3 Å². The van der Waals surface area contributed by atoms with Crippen molar-refractivity contribution >= 4 is 11.9 Å². The quantitative estimate of drug-likeness (QED) is 0.647. The first-order chi connectivity index (χ1) is 7.84. The van der Waals surface area contributed by atoms with Crippen molar-refractivity contribution < 1.29 is 9.53 Å². The maximum atomic E-state index is 11.2. The van der Waals surface area contributed by atoms with E-state index in [1.165, 1.54) is 0 Å². The molecule has 2 aliphatic rings. The van der Waals surface area contributed by atoms with E-state index in [1.54, 1.807) is 6.20 Å². The highest BCUT2D eigenvalue weighted by molar-refractivity contribution is 5.92. The highest BCUT2D eigenvalue weighted by atomic mass is 16.5. The summed E-state index contributed by atoms with van der Waals surface area (Å²) in [6.45, 7) is 3.95. The monoisotopic (exact) mass is 220 g/mol. The highest BCUT2D eigenvalue weighted by Crippen LogP contribution is 2.19. The van der Waals surface area contributed by atoms with Crippen LogP contribution in [0.1, 0.15) is 16.1 Å². The van der Waals surface area contributed by atoms with E-state index < -0.39 is 0 Å². The van der Waals surface area contributed by atoms with E-state index in [1.807, 2.05) is 0 Å². The zero-order valence-electron chi connectivity index (χ0n) is 8.77. The van der Waals surface area contributed by atoms with E-state index in [2.05, 4.69) is 20.2 Å². The molecule has 0 amide bonds. The number of carbonyl (C=O) groups is 1. The Morgan fingerprint density at radius 3 is 3.00 bits per heavy atom. The van der Waals surface area contributed by atoms with Crippen LogP contribution in [-0.2, 0) is 11.3 Å². The molecule has 0 saturated carbocycles. The van der Waals surface area contributed by atoms with Gasteiger partial charge in [-0.25, -0.2) is 14.8 Å². The van der Waals surface area contributed by atoms with Gasteiger partial charge in [-0.3, -0.25) is 0 Å². The van der Waals surface area contributed by atoms with Crippen LogP contribution in [0.4, 0.5) is 5.95 Å². The Balaban J connectivity index is 1.89. The normalized spacial score (nSPS) is 19.5. The van der Waals surface area contributed by atoms with Crippen LogP contribution in [0.5, 0.6) is 0 Å². The molecule has 16 heavy (non-hydrogen) atoms. The predicted octanol–water partition coefficient (Wildman–Crippen LogP) is -0.443. The molecule has 0 radical (unpaired) electrons. The average Bonchev–Trinajstić information content (AvgIpc) is 2.72. The lowest BCUT2D eigenvalue weighted by Crippen LogP contribution is -2.44. The standard InChI is InChI=1S/C10H12N4O2/c15-9-7-5-12-10(13-8(7)6-16-9)14-3-1-11-2-4-14/h5,11H,1-4,6H2. The second-order valence-electron chi connectivity index (χ2n) is 3.84. The van der Waals surface area contributed by atoms with Crippen molar-refractivity contribution in [3.8, 4) is 0 Å². The van der Waals surface area contributed by atoms with Gasteiger partial charge in [-0.15, -0.1) is 0 Å². The van der Waals surface area contributed by atoms with Gasteiger partial charge < -0.3 is 15.0 Å². The number of rotatable bonds is 1. The average molecular weight is 220 g/mol. The molecule has 1 aromatic heterocycles. The van der Waals surface area contributed by atoms with Gasteiger partial charge in [0.2, 0.25) is 5.95 Å². The van der Waals surface area contributed by atoms with Gasteiger partial charge in [0.05, 0.1) is 5.69 Å². The number of ether oxygens (including phenoxy) is 1. The fraction of sp³-hybridized carbons (Fsp3) is 0.500. The van der Waals surface area contributed by atoms with Crippen molar-refractivity contribution in [2.45, 2.75) is 6.61 Å². The summed E-state index contributed by atoms with van der Waals surface area (Å²) in [4.78, 5) is 21.9. The maximum Gasteiger partial charge on any atom is 0.342 e. The molecule has 1 aromatic rings. The number of nitrogens with one attached hydrogen (secondary N) is 1. The van der Waals surface area contributed by atoms with Crippen molar-refractivity contribution in [2.75, 3.05) is 31.1 Å². The molecule has 0 atom stereocenters. The van der Waals surface area contributed by atoms with Crippen molar-refractivity contribution in [2.24, 2.45) is 0 Å². The molecule has 2 aliphatic heterocycles. The number of hydrogen-bond acceptors (Lipinski definition) is 6. The Bertz CT molecular complexity index is 429. The van der Waals surface area contributed by atoms with Crippen LogP contribution in [0.15, 0.2) is 6.20 Å². The largest absolute Gasteiger partial charge is 0.455 e. The molecular formula is C10H12N4O2. The van der Waals surface area contributed by atoms with Crippen molar-refractivity contribution in [1.82, 2.24) is 15.3 Å². The molecule has 3 rings (SSSR count). The summed E-state index contributed by atoms with van der Waals surface area (Å²) in [7, 11) is 0. The maximum absolute atomic E-state index is 11.2. The van der Waals surface area contributed by atoms with Crippen LogP contribution >= 0.6 is 0 Å². The lowest BCUT2D eigenvalue weighted by atomic mass is 10.3. The number of piperazine rings is 1. The van der Waals surface area contributed by atoms with Crippen LogP contribution < -0.4 is 10.2 Å². The van der Waals surface area contributed by atoms with Gasteiger partial charge in [0, 0.05) is 32.4 Å². The molecule has 1 saturated heterocycles. The molecule has 0 bridgehead atoms. The first-order valence-corrected chi connectivity index (χ1v) is 5.33. The molecule has 0 spiro atoms. The number of nitrogens with zero attached hydrogens (tertiary/aromatic N) is 3. The van der Waals surface area contributed by atoms with Crippen LogP contribution in [0.3, 0.4) is 0 Å². The summed E-state index contributed by atoms with van der Waals surface area (Å²) in [5.74, 6) is 0.375. The molecule has 0 aromatic carbocycles. The van der Waals surface area contributed by atoms with E-state index in [-0.39, 0.29) is 12.6 Å². The molecule has 0 unspecified atom stereocenters. The number of anilines is 1. The Morgan fingerprint density at radius 2 is 2.19 bits per heavy atom. The zero-order valence-corrected chi connectivity index (χ0v) is 8.77. The summed E-state index contributed by atoms with van der Waals surface area (Å²) < 4.78 is 4.89. The van der Waals surface area contributed by atoms with Crippen LogP contribution in [0.2, 0.25) is 0 Å². The summed E-state index contributed by atoms with van der Waals surface area (Å²) >= 11 is 0. The van der Waals surface area contributed by atoms with Gasteiger partial charge in [0.15, 0.2) is 0 Å². The van der Waals surface area contributed by atoms with Gasteiger partial charge in [0.1, 0.15) is 12.2 Å². The third kappa shape index (κ3) is 1.51. The van der Waals surface area contributed by atoms with E-state index in [9.17, 15) is 4.79 Å². The second kappa shape index (κ2) is 3.71. The minimum absolute atomic E-state index is 0.274. The van der Waals surface area contributed by atoms with E-state index in [0.29, 0.717) is 17.2 Å². The van der Waals surface area contributed by atoms with Gasteiger partial charge in [-0.2, -0.15) is 0 Å². The van der Waals surface area contributed by atoms with E-state index in [4.69, 9.17) is 4.74 Å². The Labute approximate surface area is 92.6 Å². The summed E-state index contributed by atoms with van der Waals surface area (Å²) in [6, 6.07) is 0. The highest BCUT2D eigenvalue weighted by Gasteiger charge is 2.24. The van der Waals surface area contributed by atoms with Crippen molar-refractivity contribution in [1.29, 1.82) is 0 Å². The number of hydrogen-bond donors (Lipinski definition) is 1. The van der Waals surface area contributed by atoms with Gasteiger partial charge in [-0.1, -0.05) is 0 Å². The SMILES string of the molecule is O=C1OCc2nc(N3CCNCC3)ncc21. The van der Waals surface area contributed by atoms with Gasteiger partial charge in [-0.05, 0) is 0 Å². The number of carbonyl (C=O) groups excluding carboxylic acids is 1.